The molecule has 0 saturated heterocycles. The van der Waals surface area contributed by atoms with Crippen molar-refractivity contribution in [3.63, 3.8) is 0 Å². The lowest BCUT2D eigenvalue weighted by Crippen LogP contribution is -2.36. The fourth-order valence-corrected chi connectivity index (χ4v) is 5.61. The van der Waals surface area contributed by atoms with Crippen LogP contribution in [-0.2, 0) is 10.0 Å². The maximum atomic E-state index is 13.1. The first-order valence-electron chi connectivity index (χ1n) is 9.58. The highest BCUT2D eigenvalue weighted by Crippen LogP contribution is 2.45. The lowest BCUT2D eigenvalue weighted by molar-refractivity contribution is 0.559. The van der Waals surface area contributed by atoms with Crippen LogP contribution in [0.3, 0.4) is 0 Å². The molecule has 0 aliphatic heterocycles. The molecule has 0 aromatic heterocycles. The summed E-state index contributed by atoms with van der Waals surface area (Å²) in [4.78, 5) is 3.99. The van der Waals surface area contributed by atoms with Crippen LogP contribution in [0.4, 0.5) is 11.4 Å². The van der Waals surface area contributed by atoms with Crippen molar-refractivity contribution >= 4 is 78.6 Å². The number of nitrogens with one attached hydrogen (secondary N) is 1. The number of fused-ring (bicyclic) bond motifs is 1. The molecule has 1 atom stereocenters. The molecule has 0 aliphatic rings. The van der Waals surface area contributed by atoms with Crippen LogP contribution >= 0.6 is 46.4 Å². The van der Waals surface area contributed by atoms with E-state index in [1.54, 1.807) is 6.07 Å². The van der Waals surface area contributed by atoms with Crippen LogP contribution < -0.4 is 14.5 Å². The van der Waals surface area contributed by atoms with Gasteiger partial charge in [0.25, 0.3) is 0 Å². The van der Waals surface area contributed by atoms with Gasteiger partial charge in [0.15, 0.2) is 0 Å². The smallest absolute Gasteiger partial charge is 0.241 e. The minimum atomic E-state index is -4.01. The van der Waals surface area contributed by atoms with Gasteiger partial charge in [0.2, 0.25) is 13.8 Å². The van der Waals surface area contributed by atoms with Crippen molar-refractivity contribution < 1.29 is 8.42 Å². The summed E-state index contributed by atoms with van der Waals surface area (Å²) in [5.74, 6) is 0. The molecule has 0 amide bonds. The van der Waals surface area contributed by atoms with Crippen molar-refractivity contribution in [2.75, 3.05) is 38.0 Å². The third-order valence-electron chi connectivity index (χ3n) is 5.03. The monoisotopic (exact) mass is 533 g/mol. The van der Waals surface area contributed by atoms with Crippen molar-refractivity contribution in [3.05, 3.63) is 65.2 Å². The summed E-state index contributed by atoms with van der Waals surface area (Å²) in [6.07, 6.45) is 0. The van der Waals surface area contributed by atoms with Gasteiger partial charge in [-0.05, 0) is 47.3 Å². The minimum Gasteiger partial charge on any atom is -0.377 e. The molecule has 1 unspecified atom stereocenters. The highest BCUT2D eigenvalue weighted by molar-refractivity contribution is 7.89. The lowest BCUT2D eigenvalue weighted by atomic mass is 9.96. The average Bonchev–Trinajstić information content (AvgIpc) is 2.70. The van der Waals surface area contributed by atoms with E-state index in [1.807, 2.05) is 62.3 Å². The second-order valence-electron chi connectivity index (χ2n) is 7.71. The molecule has 0 saturated carbocycles. The summed E-state index contributed by atoms with van der Waals surface area (Å²) >= 11 is 24.9. The fourth-order valence-electron chi connectivity index (χ4n) is 3.53. The highest BCUT2D eigenvalue weighted by Gasteiger charge is 2.38. The molecule has 172 valence electrons. The third-order valence-corrected chi connectivity index (χ3v) is 7.37. The molecule has 5 nitrogen and oxygen atoms in total. The van der Waals surface area contributed by atoms with E-state index >= 15 is 0 Å². The Morgan fingerprint density at radius 3 is 1.94 bits per heavy atom. The SMILES string of the molecule is CN(C)c1cccc2c(C(NS(=O)(=O)c3ccc(Cl)cc3)C(Cl)(Cl)Cl)ccc(N(C)C)c12. The van der Waals surface area contributed by atoms with Crippen LogP contribution in [0.25, 0.3) is 10.8 Å². The van der Waals surface area contributed by atoms with E-state index in [0.29, 0.717) is 10.6 Å². The van der Waals surface area contributed by atoms with E-state index in [4.69, 9.17) is 46.4 Å². The highest BCUT2D eigenvalue weighted by atomic mass is 35.6. The number of hydrogen-bond donors (Lipinski definition) is 1. The number of nitrogens with zero attached hydrogens (tertiary/aromatic N) is 2. The number of benzene rings is 3. The largest absolute Gasteiger partial charge is 0.377 e. The quantitative estimate of drug-likeness (QED) is 0.393. The third kappa shape index (κ3) is 5.22. The number of rotatable bonds is 6. The standard InChI is InChI=1S/C22H23Cl4N3O2S/c1-28(2)18-7-5-6-16-17(12-13-19(20(16)18)29(3)4)21(22(24,25)26)27-32(30,31)15-10-8-14(23)9-11-15/h5-13,21,27H,1-4H3. The molecule has 0 fully saturated rings. The number of alkyl halides is 3. The van der Waals surface area contributed by atoms with Gasteiger partial charge in [-0.3, -0.25) is 0 Å². The van der Waals surface area contributed by atoms with Gasteiger partial charge < -0.3 is 9.80 Å². The normalized spacial score (nSPS) is 13.2. The lowest BCUT2D eigenvalue weighted by Gasteiger charge is -2.29. The summed E-state index contributed by atoms with van der Waals surface area (Å²) < 4.78 is 26.9. The van der Waals surface area contributed by atoms with Crippen LogP contribution in [0.2, 0.25) is 5.02 Å². The molecule has 3 rings (SSSR count). The number of hydrogen-bond acceptors (Lipinski definition) is 4. The van der Waals surface area contributed by atoms with Gasteiger partial charge in [0.1, 0.15) is 0 Å². The van der Waals surface area contributed by atoms with Crippen molar-refractivity contribution in [2.24, 2.45) is 0 Å². The van der Waals surface area contributed by atoms with E-state index < -0.39 is 19.9 Å². The minimum absolute atomic E-state index is 0.0179. The summed E-state index contributed by atoms with van der Waals surface area (Å²) in [5, 5.41) is 2.12. The molecular formula is C22H23Cl4N3O2S. The Kier molecular flexibility index (Phi) is 7.45. The summed E-state index contributed by atoms with van der Waals surface area (Å²) in [6, 6.07) is 14.1. The first-order valence-corrected chi connectivity index (χ1v) is 12.6. The van der Waals surface area contributed by atoms with Crippen LogP contribution in [-0.4, -0.2) is 40.4 Å². The molecule has 0 spiro atoms. The van der Waals surface area contributed by atoms with Gasteiger partial charge in [-0.25, -0.2) is 8.42 Å². The van der Waals surface area contributed by atoms with Gasteiger partial charge in [0.05, 0.1) is 10.9 Å². The molecule has 3 aromatic carbocycles. The number of halogens is 4. The van der Waals surface area contributed by atoms with E-state index in [2.05, 4.69) is 4.72 Å². The molecule has 1 N–H and O–H groups in total. The Labute approximate surface area is 208 Å². The Morgan fingerprint density at radius 1 is 0.844 bits per heavy atom. The van der Waals surface area contributed by atoms with E-state index in [1.165, 1.54) is 24.3 Å². The molecule has 10 heteroatoms. The van der Waals surface area contributed by atoms with Gasteiger partial charge in [0, 0.05) is 50.0 Å². The van der Waals surface area contributed by atoms with E-state index in [-0.39, 0.29) is 4.90 Å². The zero-order valence-corrected chi connectivity index (χ0v) is 21.7. The fraction of sp³-hybridized carbons (Fsp3) is 0.273. The van der Waals surface area contributed by atoms with Gasteiger partial charge in [-0.1, -0.05) is 64.6 Å². The first kappa shape index (κ1) is 25.2. The molecule has 0 heterocycles. The van der Waals surface area contributed by atoms with E-state index in [9.17, 15) is 8.42 Å². The summed E-state index contributed by atoms with van der Waals surface area (Å²) in [5.41, 5.74) is 2.46. The van der Waals surface area contributed by atoms with Gasteiger partial charge in [-0.15, -0.1) is 0 Å². The number of sulfonamides is 1. The molecule has 0 bridgehead atoms. The van der Waals surface area contributed by atoms with Crippen molar-refractivity contribution in [3.8, 4) is 0 Å². The molecule has 3 aromatic rings. The Hall–Kier alpha value is -1.41. The first-order chi connectivity index (χ1) is 14.8. The second-order valence-corrected chi connectivity index (χ2v) is 12.2. The predicted octanol–water partition coefficient (Wildman–Crippen LogP) is 6.02. The zero-order valence-electron chi connectivity index (χ0n) is 17.9. The molecule has 0 radical (unpaired) electrons. The summed E-state index contributed by atoms with van der Waals surface area (Å²) in [7, 11) is 3.75. The van der Waals surface area contributed by atoms with E-state index in [0.717, 1.165) is 22.1 Å². The molecule has 0 aliphatic carbocycles. The zero-order chi connectivity index (χ0) is 23.8. The molecule has 32 heavy (non-hydrogen) atoms. The van der Waals surface area contributed by atoms with Crippen LogP contribution in [0.15, 0.2) is 59.5 Å². The Morgan fingerprint density at radius 2 is 1.41 bits per heavy atom. The Bertz CT molecular complexity index is 1210. The topological polar surface area (TPSA) is 52.7 Å². The van der Waals surface area contributed by atoms with Gasteiger partial charge in [-0.2, -0.15) is 4.72 Å². The second kappa shape index (κ2) is 9.45. The van der Waals surface area contributed by atoms with Crippen LogP contribution in [0, 0.1) is 0 Å². The maximum Gasteiger partial charge on any atom is 0.241 e. The number of anilines is 2. The van der Waals surface area contributed by atoms with Crippen molar-refractivity contribution in [1.82, 2.24) is 4.72 Å². The summed E-state index contributed by atoms with van der Waals surface area (Å²) in [6.45, 7) is 0. The average molecular weight is 535 g/mol. The van der Waals surface area contributed by atoms with Crippen molar-refractivity contribution in [1.29, 1.82) is 0 Å². The van der Waals surface area contributed by atoms with Crippen molar-refractivity contribution in [2.45, 2.75) is 14.7 Å². The van der Waals surface area contributed by atoms with Crippen LogP contribution in [0.1, 0.15) is 11.6 Å². The molecular weight excluding hydrogens is 512 g/mol. The Balaban J connectivity index is 2.23. The predicted molar refractivity (Wildman–Crippen MR) is 137 cm³/mol. The van der Waals surface area contributed by atoms with Crippen LogP contribution in [0.5, 0.6) is 0 Å². The van der Waals surface area contributed by atoms with Gasteiger partial charge >= 0.3 is 0 Å². The maximum absolute atomic E-state index is 13.1.